The van der Waals surface area contributed by atoms with Gasteiger partial charge in [-0.1, -0.05) is 35.3 Å². The number of hydrogen-bond acceptors (Lipinski definition) is 4. The number of carbonyl (C=O) groups is 1. The van der Waals surface area contributed by atoms with Crippen molar-refractivity contribution in [2.45, 2.75) is 6.61 Å². The van der Waals surface area contributed by atoms with Crippen molar-refractivity contribution in [2.75, 3.05) is 12.4 Å². The lowest BCUT2D eigenvalue weighted by atomic mass is 10.1. The van der Waals surface area contributed by atoms with Gasteiger partial charge in [-0.2, -0.15) is 5.26 Å². The molecule has 162 valence electrons. The zero-order valence-corrected chi connectivity index (χ0v) is 18.4. The average Bonchev–Trinajstić information content (AvgIpc) is 2.78. The van der Waals surface area contributed by atoms with Crippen molar-refractivity contribution < 1.29 is 18.7 Å². The number of nitrogens with one attached hydrogen (secondary N) is 1. The highest BCUT2D eigenvalue weighted by Crippen LogP contribution is 2.31. The lowest BCUT2D eigenvalue weighted by molar-refractivity contribution is -0.112. The summed E-state index contributed by atoms with van der Waals surface area (Å²) in [4.78, 5) is 12.4. The first-order chi connectivity index (χ1) is 15.4. The molecule has 0 radical (unpaired) electrons. The van der Waals surface area contributed by atoms with E-state index in [-0.39, 0.29) is 12.2 Å². The Balaban J connectivity index is 1.75. The van der Waals surface area contributed by atoms with Crippen molar-refractivity contribution in [3.05, 3.63) is 93.2 Å². The first kappa shape index (κ1) is 23.1. The smallest absolute Gasteiger partial charge is 0.266 e. The number of carbonyl (C=O) groups excluding carboxylic acids is 1. The molecule has 0 saturated heterocycles. The number of amides is 1. The number of nitrogens with zero attached hydrogens (tertiary/aromatic N) is 1. The number of nitriles is 1. The van der Waals surface area contributed by atoms with Crippen molar-refractivity contribution >= 4 is 40.9 Å². The summed E-state index contributed by atoms with van der Waals surface area (Å²) >= 11 is 12.1. The van der Waals surface area contributed by atoms with Gasteiger partial charge in [-0.15, -0.1) is 0 Å². The summed E-state index contributed by atoms with van der Waals surface area (Å²) < 4.78 is 24.2. The number of rotatable bonds is 7. The third-order valence-corrected chi connectivity index (χ3v) is 4.95. The molecule has 0 fully saturated rings. The Hall–Kier alpha value is -3.53. The van der Waals surface area contributed by atoms with Crippen LogP contribution in [-0.4, -0.2) is 13.0 Å². The standard InChI is InChI=1S/C24H17Cl2FN2O3/c1-31-23-11-15(2-9-22(23)32-14-16-3-4-18(25)12-21(16)26)10-17(13-28)24(30)29-20-7-5-19(27)6-8-20/h2-12H,14H2,1H3,(H,29,30). The molecule has 0 aliphatic carbocycles. The quantitative estimate of drug-likeness (QED) is 0.326. The predicted molar refractivity (Wildman–Crippen MR) is 122 cm³/mol. The molecular weight excluding hydrogens is 454 g/mol. The molecule has 0 spiro atoms. The van der Waals surface area contributed by atoms with Gasteiger partial charge < -0.3 is 14.8 Å². The first-order valence-electron chi connectivity index (χ1n) is 9.33. The van der Waals surface area contributed by atoms with Crippen LogP contribution in [0.3, 0.4) is 0 Å². The molecule has 5 nitrogen and oxygen atoms in total. The molecule has 3 aromatic rings. The molecule has 0 aromatic heterocycles. The van der Waals surface area contributed by atoms with E-state index in [1.807, 2.05) is 6.07 Å². The average molecular weight is 471 g/mol. The zero-order chi connectivity index (χ0) is 23.1. The summed E-state index contributed by atoms with van der Waals surface area (Å²) in [6, 6.07) is 17.2. The van der Waals surface area contributed by atoms with Crippen molar-refractivity contribution in [1.29, 1.82) is 5.26 Å². The number of ether oxygens (including phenoxy) is 2. The van der Waals surface area contributed by atoms with Gasteiger partial charge >= 0.3 is 0 Å². The highest BCUT2D eigenvalue weighted by Gasteiger charge is 2.12. The highest BCUT2D eigenvalue weighted by atomic mass is 35.5. The molecule has 0 atom stereocenters. The fourth-order valence-corrected chi connectivity index (χ4v) is 3.20. The van der Waals surface area contributed by atoms with Crippen LogP contribution >= 0.6 is 23.2 Å². The molecule has 0 aliphatic heterocycles. The maximum atomic E-state index is 13.0. The number of benzene rings is 3. The third kappa shape index (κ3) is 6.01. The lowest BCUT2D eigenvalue weighted by Crippen LogP contribution is -2.13. The molecule has 32 heavy (non-hydrogen) atoms. The number of halogens is 3. The second-order valence-corrected chi connectivity index (χ2v) is 7.41. The van der Waals surface area contributed by atoms with Gasteiger partial charge in [0.05, 0.1) is 7.11 Å². The van der Waals surface area contributed by atoms with E-state index in [9.17, 15) is 14.4 Å². The van der Waals surface area contributed by atoms with Gasteiger partial charge in [0.15, 0.2) is 11.5 Å². The van der Waals surface area contributed by atoms with Gasteiger partial charge in [0, 0.05) is 21.3 Å². The highest BCUT2D eigenvalue weighted by molar-refractivity contribution is 6.35. The van der Waals surface area contributed by atoms with Crippen LogP contribution in [0.15, 0.2) is 66.2 Å². The molecular formula is C24H17Cl2FN2O3. The minimum atomic E-state index is -0.615. The summed E-state index contributed by atoms with van der Waals surface area (Å²) in [6.45, 7) is 0.199. The van der Waals surface area contributed by atoms with Gasteiger partial charge in [-0.25, -0.2) is 4.39 Å². The van der Waals surface area contributed by atoms with Gasteiger partial charge in [-0.3, -0.25) is 4.79 Å². The monoisotopic (exact) mass is 470 g/mol. The van der Waals surface area contributed by atoms with Crippen molar-refractivity contribution in [1.82, 2.24) is 0 Å². The van der Waals surface area contributed by atoms with Crippen LogP contribution in [0.5, 0.6) is 11.5 Å². The van der Waals surface area contributed by atoms with Crippen LogP contribution in [0.4, 0.5) is 10.1 Å². The van der Waals surface area contributed by atoms with E-state index in [1.165, 1.54) is 37.5 Å². The van der Waals surface area contributed by atoms with E-state index >= 15 is 0 Å². The topological polar surface area (TPSA) is 71.3 Å². The Kier molecular flexibility index (Phi) is 7.72. The number of hydrogen-bond donors (Lipinski definition) is 1. The maximum Gasteiger partial charge on any atom is 0.266 e. The fourth-order valence-electron chi connectivity index (χ4n) is 2.73. The lowest BCUT2D eigenvalue weighted by Gasteiger charge is -2.12. The second-order valence-electron chi connectivity index (χ2n) is 6.57. The van der Waals surface area contributed by atoms with Gasteiger partial charge in [-0.05, 0) is 60.2 Å². The van der Waals surface area contributed by atoms with Crippen molar-refractivity contribution in [3.63, 3.8) is 0 Å². The maximum absolute atomic E-state index is 13.0. The minimum absolute atomic E-state index is 0.127. The van der Waals surface area contributed by atoms with E-state index in [0.29, 0.717) is 32.8 Å². The van der Waals surface area contributed by atoms with E-state index in [2.05, 4.69) is 5.32 Å². The SMILES string of the molecule is COc1cc(C=C(C#N)C(=O)Nc2ccc(F)cc2)ccc1OCc1ccc(Cl)cc1Cl. The minimum Gasteiger partial charge on any atom is -0.493 e. The molecule has 0 bridgehead atoms. The molecule has 1 amide bonds. The Labute approximate surface area is 194 Å². The largest absolute Gasteiger partial charge is 0.493 e. The Morgan fingerprint density at radius 1 is 1.09 bits per heavy atom. The zero-order valence-electron chi connectivity index (χ0n) is 16.9. The molecule has 3 aromatic carbocycles. The van der Waals surface area contributed by atoms with Crippen LogP contribution in [0.2, 0.25) is 10.0 Å². The van der Waals surface area contributed by atoms with Gasteiger partial charge in [0.2, 0.25) is 0 Å². The van der Waals surface area contributed by atoms with Crippen molar-refractivity contribution in [2.24, 2.45) is 0 Å². The van der Waals surface area contributed by atoms with Gasteiger partial charge in [0.25, 0.3) is 5.91 Å². The fraction of sp³-hybridized carbons (Fsp3) is 0.0833. The summed E-state index contributed by atoms with van der Waals surface area (Å²) in [6.07, 6.45) is 1.42. The van der Waals surface area contributed by atoms with E-state index < -0.39 is 11.7 Å². The van der Waals surface area contributed by atoms with E-state index in [1.54, 1.807) is 36.4 Å². The van der Waals surface area contributed by atoms with E-state index in [0.717, 1.165) is 5.56 Å². The molecule has 0 heterocycles. The Morgan fingerprint density at radius 3 is 2.50 bits per heavy atom. The molecule has 0 saturated carbocycles. The number of anilines is 1. The summed E-state index contributed by atoms with van der Waals surface area (Å²) in [7, 11) is 1.48. The summed E-state index contributed by atoms with van der Waals surface area (Å²) in [5.74, 6) is -0.160. The third-order valence-electron chi connectivity index (χ3n) is 4.36. The first-order valence-corrected chi connectivity index (χ1v) is 10.1. The van der Waals surface area contributed by atoms with Crippen LogP contribution in [-0.2, 0) is 11.4 Å². The number of methoxy groups -OCH3 is 1. The second kappa shape index (κ2) is 10.7. The van der Waals surface area contributed by atoms with Crippen LogP contribution in [0, 0.1) is 17.1 Å². The van der Waals surface area contributed by atoms with Gasteiger partial charge in [0.1, 0.15) is 24.1 Å². The molecule has 0 unspecified atom stereocenters. The molecule has 3 rings (SSSR count). The predicted octanol–water partition coefficient (Wildman–Crippen LogP) is 6.27. The van der Waals surface area contributed by atoms with E-state index in [4.69, 9.17) is 32.7 Å². The van der Waals surface area contributed by atoms with Crippen LogP contribution in [0.25, 0.3) is 6.08 Å². The van der Waals surface area contributed by atoms with Crippen molar-refractivity contribution in [3.8, 4) is 17.6 Å². The van der Waals surface area contributed by atoms with Crippen LogP contribution < -0.4 is 14.8 Å². The normalized spacial score (nSPS) is 10.9. The summed E-state index contributed by atoms with van der Waals surface area (Å²) in [5, 5.41) is 13.0. The van der Waals surface area contributed by atoms with Crippen LogP contribution in [0.1, 0.15) is 11.1 Å². The Morgan fingerprint density at radius 2 is 1.84 bits per heavy atom. The Bertz CT molecular complexity index is 1200. The molecule has 0 aliphatic rings. The molecule has 1 N–H and O–H groups in total. The molecule has 8 heteroatoms. The summed E-state index contributed by atoms with van der Waals surface area (Å²) in [5.41, 5.74) is 1.56.